The van der Waals surface area contributed by atoms with Gasteiger partial charge in [-0.25, -0.2) is 0 Å². The molecular weight excluding hydrogens is 278 g/mol. The van der Waals surface area contributed by atoms with Crippen molar-refractivity contribution in [2.75, 3.05) is 20.6 Å². The molecule has 0 amide bonds. The maximum Gasteiger partial charge on any atom is 0.165 e. The minimum absolute atomic E-state index is 0.0194. The summed E-state index contributed by atoms with van der Waals surface area (Å²) in [5.41, 5.74) is -0.878. The van der Waals surface area contributed by atoms with Crippen molar-refractivity contribution < 1.29 is 28.3 Å². The predicted octanol–water partition coefficient (Wildman–Crippen LogP) is 1.50. The third-order valence-electron chi connectivity index (χ3n) is 5.39. The molecule has 1 saturated heterocycles. The highest BCUT2D eigenvalue weighted by Crippen LogP contribution is 2.62. The van der Waals surface area contributed by atoms with Crippen molar-refractivity contribution in [1.82, 2.24) is 4.90 Å². The van der Waals surface area contributed by atoms with Crippen LogP contribution >= 0.6 is 0 Å². The smallest absolute Gasteiger partial charge is 0.165 e. The molecular formula is C18H21NO3. The Morgan fingerprint density at radius 3 is 3.36 bits per heavy atom. The molecule has 2 bridgehead atoms. The van der Waals surface area contributed by atoms with Crippen LogP contribution in [0, 0.1) is 5.89 Å². The van der Waals surface area contributed by atoms with Gasteiger partial charge in [-0.3, -0.25) is 0 Å². The van der Waals surface area contributed by atoms with Crippen molar-refractivity contribution in [1.29, 1.82) is 0 Å². The van der Waals surface area contributed by atoms with Crippen LogP contribution < -0.4 is 9.47 Å². The van der Waals surface area contributed by atoms with Crippen LogP contribution in [-0.2, 0) is 11.8 Å². The maximum absolute atomic E-state index is 10.9. The standard InChI is InChI=1S/C18H21NO3/c1-19-8-7-18-11-4-5-13(20)17(18)22-16-14(21-2)6-3-10(15(16)18)9-12(11)19/h3-6,11-13,17,20H,7-9H2,1-2H3/t11-,12+,13?,17?,18-/m0/s1/i1D3,2D3,3D,6D,11D,13D. The van der Waals surface area contributed by atoms with Gasteiger partial charge in [-0.05, 0) is 38.0 Å². The minimum atomic E-state index is -2.95. The Morgan fingerprint density at radius 2 is 2.50 bits per heavy atom. The Bertz CT molecular complexity index is 1050. The van der Waals surface area contributed by atoms with Crippen molar-refractivity contribution in [2.45, 2.75) is 36.5 Å². The summed E-state index contributed by atoms with van der Waals surface area (Å²) in [4.78, 5) is 1.22. The molecule has 4 nitrogen and oxygen atoms in total. The molecule has 1 aromatic carbocycles. The van der Waals surface area contributed by atoms with Crippen LogP contribution in [0.1, 0.15) is 31.3 Å². The average Bonchev–Trinajstić information content (AvgIpc) is 2.98. The van der Waals surface area contributed by atoms with E-state index in [0.717, 1.165) is 6.08 Å². The fraction of sp³-hybridized carbons (Fsp3) is 0.556. The predicted molar refractivity (Wildman–Crippen MR) is 82.5 cm³/mol. The topological polar surface area (TPSA) is 41.9 Å². The van der Waals surface area contributed by atoms with Crippen LogP contribution in [-0.4, -0.2) is 48.8 Å². The summed E-state index contributed by atoms with van der Waals surface area (Å²) in [6, 6.07) is -1.81. The summed E-state index contributed by atoms with van der Waals surface area (Å²) in [6.07, 6.45) is -1.26. The number of benzene rings is 1. The third kappa shape index (κ3) is 1.28. The molecule has 1 fully saturated rings. The minimum Gasteiger partial charge on any atom is -0.493 e. The Morgan fingerprint density at radius 1 is 1.55 bits per heavy atom. The Kier molecular flexibility index (Phi) is 1.21. The monoisotopic (exact) mass is 309 g/mol. The quantitative estimate of drug-likeness (QED) is 0.798. The highest BCUT2D eigenvalue weighted by atomic mass is 16.5. The summed E-state index contributed by atoms with van der Waals surface area (Å²) in [5.74, 6) is -2.29. The van der Waals surface area contributed by atoms with Gasteiger partial charge in [0.05, 0.1) is 15.3 Å². The highest BCUT2D eigenvalue weighted by molar-refractivity contribution is 5.62. The zero-order valence-corrected chi connectivity index (χ0v) is 11.6. The number of hydrogen-bond donors (Lipinski definition) is 1. The second kappa shape index (κ2) is 4.06. The number of likely N-dealkylation sites (tertiary alicyclic amines) is 1. The van der Waals surface area contributed by atoms with Gasteiger partial charge in [0.25, 0.3) is 0 Å². The number of methoxy groups -OCH3 is 1. The van der Waals surface area contributed by atoms with E-state index < -0.39 is 55.3 Å². The second-order valence-electron chi connectivity index (χ2n) is 6.21. The molecule has 2 heterocycles. The molecule has 2 unspecified atom stereocenters. The van der Waals surface area contributed by atoms with E-state index in [4.69, 9.17) is 21.8 Å². The van der Waals surface area contributed by atoms with E-state index in [1.165, 1.54) is 11.0 Å². The van der Waals surface area contributed by atoms with Crippen LogP contribution in [0.4, 0.5) is 0 Å². The number of hydrogen-bond acceptors (Lipinski definition) is 4. The van der Waals surface area contributed by atoms with Gasteiger partial charge >= 0.3 is 0 Å². The lowest BCUT2D eigenvalue weighted by molar-refractivity contribution is -0.0453. The molecule has 2 aliphatic heterocycles. The molecule has 4 aliphatic rings. The Hall–Kier alpha value is -1.52. The van der Waals surface area contributed by atoms with Gasteiger partial charge in [0, 0.05) is 28.4 Å². The molecule has 1 spiro atoms. The molecule has 4 heteroatoms. The molecule has 0 radical (unpaired) electrons. The summed E-state index contributed by atoms with van der Waals surface area (Å²) in [7, 11) is -2.95. The van der Waals surface area contributed by atoms with Gasteiger partial charge in [0.2, 0.25) is 0 Å². The molecule has 5 rings (SSSR count). The van der Waals surface area contributed by atoms with Gasteiger partial charge < -0.3 is 19.5 Å². The van der Waals surface area contributed by atoms with Crippen LogP contribution in [0.2, 0.25) is 0 Å². The lowest BCUT2D eigenvalue weighted by atomic mass is 9.53. The zero-order valence-electron chi connectivity index (χ0n) is 21.6. The third-order valence-corrected chi connectivity index (χ3v) is 5.39. The first-order valence-electron chi connectivity index (χ1n) is 12.3. The number of piperidine rings is 1. The van der Waals surface area contributed by atoms with Crippen molar-refractivity contribution in [3.8, 4) is 11.5 Å². The molecule has 2 aliphatic carbocycles. The maximum atomic E-state index is 10.9. The molecule has 1 N–H and O–H groups in total. The second-order valence-corrected chi connectivity index (χ2v) is 6.21. The first-order chi connectivity index (χ1) is 14.5. The average molecular weight is 309 g/mol. The van der Waals surface area contributed by atoms with Crippen molar-refractivity contribution in [3.63, 3.8) is 0 Å². The normalized spacial score (nSPS) is 55.5. The van der Waals surface area contributed by atoms with E-state index in [2.05, 4.69) is 0 Å². The van der Waals surface area contributed by atoms with Gasteiger partial charge in [-0.15, -0.1) is 0 Å². The van der Waals surface area contributed by atoms with E-state index in [1.807, 2.05) is 0 Å². The van der Waals surface area contributed by atoms with E-state index >= 15 is 0 Å². The Labute approximate surface area is 144 Å². The first kappa shape index (κ1) is 6.54. The van der Waals surface area contributed by atoms with E-state index in [9.17, 15) is 6.48 Å². The number of rotatable bonds is 1. The van der Waals surface area contributed by atoms with Gasteiger partial charge in [-0.1, -0.05) is 18.2 Å². The van der Waals surface area contributed by atoms with Crippen LogP contribution in [0.3, 0.4) is 0 Å². The van der Waals surface area contributed by atoms with Crippen molar-refractivity contribution in [3.05, 3.63) is 35.4 Å². The number of ether oxygens (including phenoxy) is 2. The van der Waals surface area contributed by atoms with E-state index in [-0.39, 0.29) is 42.3 Å². The fourth-order valence-corrected chi connectivity index (χ4v) is 4.52. The number of aliphatic hydroxyl groups is 1. The molecule has 5 atom stereocenters. The van der Waals surface area contributed by atoms with Crippen LogP contribution in [0.25, 0.3) is 0 Å². The SMILES string of the molecule is [2H]c1c([2H])c(OC([2H])([2H])[2H])c2c3c1C[C@H]1N(C([2H])([2H])[2H])CC[C@@]34C(O2)C([2H])(O)C=C[C@@]14[2H]. The first-order valence-corrected chi connectivity index (χ1v) is 7.26. The van der Waals surface area contributed by atoms with E-state index in [0.29, 0.717) is 0 Å². The molecule has 22 heavy (non-hydrogen) atoms. The lowest BCUT2D eigenvalue weighted by Crippen LogP contribution is -2.64. The van der Waals surface area contributed by atoms with Gasteiger partial charge in [-0.2, -0.15) is 0 Å². The lowest BCUT2D eigenvalue weighted by Gasteiger charge is -2.56. The summed E-state index contributed by atoms with van der Waals surface area (Å²) in [6.45, 7) is -2.50. The van der Waals surface area contributed by atoms with Crippen molar-refractivity contribution >= 4 is 0 Å². The van der Waals surface area contributed by atoms with Gasteiger partial charge in [0.1, 0.15) is 12.2 Å². The Balaban J connectivity index is 1.85. The highest BCUT2D eigenvalue weighted by Gasteiger charge is 2.64. The van der Waals surface area contributed by atoms with Crippen LogP contribution in [0.15, 0.2) is 24.2 Å². The molecule has 1 aromatic rings. The largest absolute Gasteiger partial charge is 0.493 e. The van der Waals surface area contributed by atoms with Crippen molar-refractivity contribution in [2.24, 2.45) is 5.89 Å². The van der Waals surface area contributed by atoms with E-state index in [1.54, 1.807) is 0 Å². The summed E-state index contributed by atoms with van der Waals surface area (Å²) < 4.78 is 92.0. The zero-order chi connectivity index (χ0) is 23.6. The number of nitrogens with zero attached hydrogens (tertiary/aromatic N) is 1. The van der Waals surface area contributed by atoms with Crippen LogP contribution in [0.5, 0.6) is 11.5 Å². The molecule has 0 aromatic heterocycles. The number of likely N-dealkylation sites (N-methyl/N-ethyl adjacent to an activating group) is 1. The summed E-state index contributed by atoms with van der Waals surface area (Å²) >= 11 is 0. The van der Waals surface area contributed by atoms with Gasteiger partial charge in [0.15, 0.2) is 11.5 Å². The molecule has 0 saturated carbocycles. The summed E-state index contributed by atoms with van der Waals surface area (Å²) in [5, 5.41) is 10.9. The fourth-order valence-electron chi connectivity index (χ4n) is 4.52. The molecule has 116 valence electrons.